The molecule has 126 valence electrons. The number of hydrogen-bond acceptors (Lipinski definition) is 5. The van der Waals surface area contributed by atoms with E-state index in [1.807, 2.05) is 0 Å². The molecular formula is C15H20N2O5S. The van der Waals surface area contributed by atoms with Gasteiger partial charge in [0, 0.05) is 19.1 Å². The van der Waals surface area contributed by atoms with Gasteiger partial charge in [0.05, 0.1) is 30.8 Å². The molecule has 2 fully saturated rings. The fourth-order valence-corrected chi connectivity index (χ4v) is 3.89. The largest absolute Gasteiger partial charge is 0.496 e. The second kappa shape index (κ2) is 6.46. The maximum atomic E-state index is 12.7. The lowest BCUT2D eigenvalue weighted by Crippen LogP contribution is -2.40. The van der Waals surface area contributed by atoms with Gasteiger partial charge in [0.2, 0.25) is 10.0 Å². The van der Waals surface area contributed by atoms with Crippen LogP contribution in [0, 0.1) is 0 Å². The van der Waals surface area contributed by atoms with E-state index in [1.54, 1.807) is 0 Å². The maximum Gasteiger partial charge on any atom is 0.255 e. The van der Waals surface area contributed by atoms with Crippen LogP contribution in [0.5, 0.6) is 5.75 Å². The highest BCUT2D eigenvalue weighted by Crippen LogP contribution is 2.26. The smallest absolute Gasteiger partial charge is 0.255 e. The van der Waals surface area contributed by atoms with Gasteiger partial charge in [-0.25, -0.2) is 8.42 Å². The fourth-order valence-electron chi connectivity index (χ4n) is 2.45. The van der Waals surface area contributed by atoms with Gasteiger partial charge in [-0.3, -0.25) is 4.79 Å². The molecule has 1 saturated heterocycles. The van der Waals surface area contributed by atoms with Gasteiger partial charge in [-0.2, -0.15) is 4.31 Å². The molecule has 1 aromatic carbocycles. The SMILES string of the molecule is COc1ccc(S(=O)(=O)N2CCOCC2)cc1C(=O)NC1CC1. The standard InChI is InChI=1S/C15H20N2O5S/c1-21-14-5-4-12(10-13(14)15(18)16-11-2-3-11)23(19,20)17-6-8-22-9-7-17/h4-5,10-11H,2-3,6-9H2,1H3,(H,16,18). The van der Waals surface area contributed by atoms with Crippen molar-refractivity contribution in [1.82, 2.24) is 9.62 Å². The number of nitrogens with one attached hydrogen (secondary N) is 1. The third kappa shape index (κ3) is 3.49. The number of morpholine rings is 1. The predicted octanol–water partition coefficient (Wildman–Crippen LogP) is 0.608. The van der Waals surface area contributed by atoms with Crippen molar-refractivity contribution in [2.45, 2.75) is 23.8 Å². The molecule has 1 aromatic rings. The summed E-state index contributed by atoms with van der Waals surface area (Å²) in [6, 6.07) is 4.57. The molecule has 0 bridgehead atoms. The number of amides is 1. The number of nitrogens with zero attached hydrogens (tertiary/aromatic N) is 1. The number of methoxy groups -OCH3 is 1. The summed E-state index contributed by atoms with van der Waals surface area (Å²) in [6.07, 6.45) is 1.92. The van der Waals surface area contributed by atoms with Gasteiger partial charge in [0.25, 0.3) is 5.91 Å². The Kier molecular flexibility index (Phi) is 4.56. The van der Waals surface area contributed by atoms with Gasteiger partial charge in [-0.15, -0.1) is 0 Å². The topological polar surface area (TPSA) is 84.9 Å². The van der Waals surface area contributed by atoms with Gasteiger partial charge in [0.1, 0.15) is 5.75 Å². The lowest BCUT2D eigenvalue weighted by Gasteiger charge is -2.26. The molecule has 0 spiro atoms. The zero-order valence-electron chi connectivity index (χ0n) is 12.9. The second-order valence-corrected chi connectivity index (χ2v) is 7.56. The first kappa shape index (κ1) is 16.2. The summed E-state index contributed by atoms with van der Waals surface area (Å²) >= 11 is 0. The summed E-state index contributed by atoms with van der Waals surface area (Å²) in [5.41, 5.74) is 0.244. The highest BCUT2D eigenvalue weighted by molar-refractivity contribution is 7.89. The summed E-state index contributed by atoms with van der Waals surface area (Å²) in [5.74, 6) is 0.0625. The van der Waals surface area contributed by atoms with Crippen LogP contribution in [0.25, 0.3) is 0 Å². The number of ether oxygens (including phenoxy) is 2. The van der Waals surface area contributed by atoms with Crippen molar-refractivity contribution in [2.75, 3.05) is 33.4 Å². The van der Waals surface area contributed by atoms with E-state index in [1.165, 1.54) is 29.6 Å². The van der Waals surface area contributed by atoms with Crippen molar-refractivity contribution in [3.05, 3.63) is 23.8 Å². The van der Waals surface area contributed by atoms with Crippen LogP contribution in [0.3, 0.4) is 0 Å². The molecule has 0 radical (unpaired) electrons. The van der Waals surface area contributed by atoms with Crippen LogP contribution in [0.2, 0.25) is 0 Å². The lowest BCUT2D eigenvalue weighted by atomic mass is 10.2. The molecule has 0 atom stereocenters. The number of hydrogen-bond donors (Lipinski definition) is 1. The number of carbonyl (C=O) groups is 1. The van der Waals surface area contributed by atoms with Crippen LogP contribution in [-0.4, -0.2) is 58.1 Å². The highest BCUT2D eigenvalue weighted by atomic mass is 32.2. The van der Waals surface area contributed by atoms with Crippen molar-refractivity contribution < 1.29 is 22.7 Å². The number of carbonyl (C=O) groups excluding carboxylic acids is 1. The Balaban J connectivity index is 1.91. The third-order valence-electron chi connectivity index (χ3n) is 3.94. The van der Waals surface area contributed by atoms with Crippen LogP contribution < -0.4 is 10.1 Å². The second-order valence-electron chi connectivity index (χ2n) is 5.63. The van der Waals surface area contributed by atoms with Gasteiger partial charge in [0.15, 0.2) is 0 Å². The average Bonchev–Trinajstić information content (AvgIpc) is 3.39. The van der Waals surface area contributed by atoms with E-state index in [9.17, 15) is 13.2 Å². The van der Waals surface area contributed by atoms with Gasteiger partial charge >= 0.3 is 0 Å². The minimum absolute atomic E-state index is 0.0983. The first-order valence-corrected chi connectivity index (χ1v) is 9.03. The van der Waals surface area contributed by atoms with E-state index in [-0.39, 0.29) is 22.4 Å². The van der Waals surface area contributed by atoms with Crippen LogP contribution in [-0.2, 0) is 14.8 Å². The molecule has 0 unspecified atom stereocenters. The van der Waals surface area contributed by atoms with Crippen molar-refractivity contribution in [2.24, 2.45) is 0 Å². The van der Waals surface area contributed by atoms with Crippen LogP contribution in [0.15, 0.2) is 23.1 Å². The molecular weight excluding hydrogens is 320 g/mol. The molecule has 8 heteroatoms. The van der Waals surface area contributed by atoms with Crippen LogP contribution in [0.1, 0.15) is 23.2 Å². The van der Waals surface area contributed by atoms with E-state index in [0.717, 1.165) is 12.8 Å². The fraction of sp³-hybridized carbons (Fsp3) is 0.533. The van der Waals surface area contributed by atoms with Gasteiger partial charge in [-0.05, 0) is 31.0 Å². The average molecular weight is 340 g/mol. The van der Waals surface area contributed by atoms with Crippen LogP contribution >= 0.6 is 0 Å². The van der Waals surface area contributed by atoms with Gasteiger partial charge in [-0.1, -0.05) is 0 Å². The zero-order valence-corrected chi connectivity index (χ0v) is 13.8. The van der Waals surface area contributed by atoms with E-state index < -0.39 is 10.0 Å². The monoisotopic (exact) mass is 340 g/mol. The van der Waals surface area contributed by atoms with E-state index in [2.05, 4.69) is 5.32 Å². The zero-order chi connectivity index (χ0) is 16.4. The molecule has 1 aliphatic carbocycles. The Bertz CT molecular complexity index is 694. The molecule has 7 nitrogen and oxygen atoms in total. The third-order valence-corrected chi connectivity index (χ3v) is 5.83. The number of benzene rings is 1. The molecule has 1 heterocycles. The Morgan fingerprint density at radius 1 is 1.30 bits per heavy atom. The normalized spacial score (nSPS) is 19.3. The first-order valence-electron chi connectivity index (χ1n) is 7.59. The van der Waals surface area contributed by atoms with Crippen molar-refractivity contribution in [3.8, 4) is 5.75 Å². The molecule has 1 saturated carbocycles. The lowest BCUT2D eigenvalue weighted by molar-refractivity contribution is 0.0730. The molecule has 23 heavy (non-hydrogen) atoms. The predicted molar refractivity (Wildman–Crippen MR) is 83.1 cm³/mol. The van der Waals surface area contributed by atoms with Crippen molar-refractivity contribution >= 4 is 15.9 Å². The Hall–Kier alpha value is -1.64. The van der Waals surface area contributed by atoms with E-state index >= 15 is 0 Å². The number of rotatable bonds is 5. The maximum absolute atomic E-state index is 12.7. The Morgan fingerprint density at radius 3 is 2.61 bits per heavy atom. The minimum atomic E-state index is -3.64. The highest BCUT2D eigenvalue weighted by Gasteiger charge is 2.29. The van der Waals surface area contributed by atoms with Crippen molar-refractivity contribution in [1.29, 1.82) is 0 Å². The van der Waals surface area contributed by atoms with Gasteiger partial charge < -0.3 is 14.8 Å². The summed E-state index contributed by atoms with van der Waals surface area (Å²) in [5, 5.41) is 2.86. The molecule has 1 N–H and O–H groups in total. The number of sulfonamides is 1. The summed E-state index contributed by atoms with van der Waals surface area (Å²) < 4.78 is 37.1. The van der Waals surface area contributed by atoms with Crippen LogP contribution in [0.4, 0.5) is 0 Å². The summed E-state index contributed by atoms with van der Waals surface area (Å²) in [6.45, 7) is 1.39. The Labute approximate surface area is 135 Å². The minimum Gasteiger partial charge on any atom is -0.496 e. The Morgan fingerprint density at radius 2 is 2.00 bits per heavy atom. The molecule has 1 amide bonds. The van der Waals surface area contributed by atoms with E-state index in [0.29, 0.717) is 32.1 Å². The van der Waals surface area contributed by atoms with E-state index in [4.69, 9.17) is 9.47 Å². The molecule has 1 aliphatic heterocycles. The molecule has 0 aromatic heterocycles. The van der Waals surface area contributed by atoms with Crippen molar-refractivity contribution in [3.63, 3.8) is 0 Å². The first-order chi connectivity index (χ1) is 11.0. The summed E-state index contributed by atoms with van der Waals surface area (Å²) in [7, 11) is -2.18. The molecule has 3 rings (SSSR count). The summed E-state index contributed by atoms with van der Waals surface area (Å²) in [4.78, 5) is 12.4. The quantitative estimate of drug-likeness (QED) is 0.849. The molecule has 2 aliphatic rings.